The summed E-state index contributed by atoms with van der Waals surface area (Å²) < 4.78 is 11.8. The Bertz CT molecular complexity index is 1110. The normalized spacial score (nSPS) is 41.1. The fourth-order valence-electron chi connectivity index (χ4n) is 8.84. The summed E-state index contributed by atoms with van der Waals surface area (Å²) in [4.78, 5) is 13.6. The summed E-state index contributed by atoms with van der Waals surface area (Å²) in [5.74, 6) is 0.983. The lowest BCUT2D eigenvalue weighted by molar-refractivity contribution is -0.253. The van der Waals surface area contributed by atoms with E-state index in [4.69, 9.17) is 9.47 Å². The minimum absolute atomic E-state index is 0.0441. The molecule has 1 unspecified atom stereocenters. The third kappa shape index (κ3) is 6.10. The van der Waals surface area contributed by atoms with E-state index in [9.17, 15) is 20.1 Å². The second-order valence-electron chi connectivity index (χ2n) is 14.6. The van der Waals surface area contributed by atoms with Gasteiger partial charge in [0.15, 0.2) is 12.1 Å². The summed E-state index contributed by atoms with van der Waals surface area (Å²) >= 11 is 0. The van der Waals surface area contributed by atoms with Gasteiger partial charge in [-0.2, -0.15) is 0 Å². The molecule has 0 bridgehead atoms. The summed E-state index contributed by atoms with van der Waals surface area (Å²) in [5.41, 5.74) is 3.92. The number of hydrogen-bond acceptors (Lipinski definition) is 6. The van der Waals surface area contributed by atoms with Gasteiger partial charge in [-0.3, -0.25) is 4.79 Å². The number of hydrogen-bond donors (Lipinski definition) is 3. The van der Waals surface area contributed by atoms with Crippen molar-refractivity contribution < 1.29 is 29.6 Å². The van der Waals surface area contributed by atoms with Crippen molar-refractivity contribution in [2.75, 3.05) is 6.61 Å². The van der Waals surface area contributed by atoms with Crippen molar-refractivity contribution in [2.45, 2.75) is 131 Å². The maximum Gasteiger partial charge on any atom is 0.186 e. The van der Waals surface area contributed by atoms with Gasteiger partial charge in [0.05, 0.1) is 24.9 Å². The summed E-state index contributed by atoms with van der Waals surface area (Å²) in [5, 5.41) is 31.3. The first-order valence-corrected chi connectivity index (χ1v) is 15.7. The van der Waals surface area contributed by atoms with Gasteiger partial charge in [-0.15, -0.1) is 0 Å². The average molecular weight is 571 g/mol. The molecular weight excluding hydrogens is 516 g/mol. The molecule has 230 valence electrons. The number of aliphatic hydroxyl groups excluding tert-OH is 3. The Morgan fingerprint density at radius 2 is 1.73 bits per heavy atom. The first kappa shape index (κ1) is 32.3. The number of rotatable bonds is 7. The Balaban J connectivity index is 1.56. The third-order valence-electron chi connectivity index (χ3n) is 11.3. The van der Waals surface area contributed by atoms with Gasteiger partial charge in [0.25, 0.3) is 0 Å². The maximum atomic E-state index is 13.6. The van der Waals surface area contributed by atoms with Crippen molar-refractivity contribution >= 4 is 5.78 Å². The molecule has 6 heteroatoms. The van der Waals surface area contributed by atoms with E-state index >= 15 is 0 Å². The second-order valence-corrected chi connectivity index (χ2v) is 14.6. The summed E-state index contributed by atoms with van der Waals surface area (Å²) in [6.07, 6.45) is 10.2. The highest BCUT2D eigenvalue weighted by atomic mass is 16.7. The van der Waals surface area contributed by atoms with Crippen LogP contribution in [0.5, 0.6) is 0 Å². The van der Waals surface area contributed by atoms with E-state index in [0.717, 1.165) is 42.4 Å². The number of Topliss-reactive ketones (excluding diaryl/α,β-unsaturated/α-hetero) is 1. The highest BCUT2D eigenvalue weighted by Crippen LogP contribution is 2.69. The van der Waals surface area contributed by atoms with Gasteiger partial charge in [-0.25, -0.2) is 0 Å². The van der Waals surface area contributed by atoms with Crippen molar-refractivity contribution in [3.63, 3.8) is 0 Å². The van der Waals surface area contributed by atoms with E-state index in [2.05, 4.69) is 46.8 Å². The zero-order chi connectivity index (χ0) is 30.3. The van der Waals surface area contributed by atoms with Gasteiger partial charge in [-0.1, -0.05) is 57.6 Å². The van der Waals surface area contributed by atoms with Crippen LogP contribution in [0.4, 0.5) is 0 Å². The molecule has 41 heavy (non-hydrogen) atoms. The standard InChI is InChI=1S/C35H54O6/c1-21(2)12-13-26(41-32-31(39)24(36)16-19-40-32)22(3)10-9-11-23(4)30-25(37)20-28-34(7)18-15-29(38)33(5,6)27(34)14-17-35(28,30)8/h9-12,24,26-29,31-32,36,38-39H,13-20H2,1-8H3/b11-9+,22-10+,30-23+/t24-,26?,27-,28-,29+,31-,32-,34-,35-/m0/s1. The predicted octanol–water partition coefficient (Wildman–Crippen LogP) is 6.21. The summed E-state index contributed by atoms with van der Waals surface area (Å²) in [7, 11) is 0. The number of fused-ring (bicyclic) bond motifs is 3. The van der Waals surface area contributed by atoms with Crippen LogP contribution in [0.25, 0.3) is 0 Å². The highest BCUT2D eigenvalue weighted by molar-refractivity contribution is 6.00. The minimum atomic E-state index is -1.08. The lowest BCUT2D eigenvalue weighted by atomic mass is 9.43. The quantitative estimate of drug-likeness (QED) is 0.191. The fourth-order valence-corrected chi connectivity index (χ4v) is 8.84. The lowest BCUT2D eigenvalue weighted by Gasteiger charge is -2.62. The average Bonchev–Trinajstić information content (AvgIpc) is 3.17. The maximum absolute atomic E-state index is 13.6. The van der Waals surface area contributed by atoms with Gasteiger partial charge in [0.1, 0.15) is 6.10 Å². The summed E-state index contributed by atoms with van der Waals surface area (Å²) in [6, 6.07) is 0. The number of aliphatic hydroxyl groups is 3. The molecular formula is C35H54O6. The van der Waals surface area contributed by atoms with Crippen LogP contribution in [0.1, 0.15) is 100 Å². The molecule has 0 aromatic heterocycles. The smallest absolute Gasteiger partial charge is 0.186 e. The number of allylic oxidation sites excluding steroid dienone is 6. The van der Waals surface area contributed by atoms with Crippen LogP contribution < -0.4 is 0 Å². The molecule has 3 aliphatic carbocycles. The van der Waals surface area contributed by atoms with Crippen LogP contribution in [-0.4, -0.2) is 58.4 Å². The monoisotopic (exact) mass is 570 g/mol. The predicted molar refractivity (Wildman–Crippen MR) is 162 cm³/mol. The lowest BCUT2D eigenvalue weighted by Crippen LogP contribution is -2.57. The van der Waals surface area contributed by atoms with E-state index < -0.39 is 18.5 Å². The Morgan fingerprint density at radius 1 is 1.02 bits per heavy atom. The highest BCUT2D eigenvalue weighted by Gasteiger charge is 2.64. The number of carbonyl (C=O) groups excluding carboxylic acids is 1. The first-order chi connectivity index (χ1) is 19.1. The molecule has 4 rings (SSSR count). The summed E-state index contributed by atoms with van der Waals surface area (Å²) in [6.45, 7) is 17.6. The number of ketones is 1. The Morgan fingerprint density at radius 3 is 2.41 bits per heavy atom. The van der Waals surface area contributed by atoms with Crippen LogP contribution >= 0.6 is 0 Å². The van der Waals surface area contributed by atoms with Gasteiger partial charge < -0.3 is 24.8 Å². The van der Waals surface area contributed by atoms with Gasteiger partial charge in [-0.05, 0) is 100 Å². The van der Waals surface area contributed by atoms with Crippen molar-refractivity contribution in [3.8, 4) is 0 Å². The number of carbonyl (C=O) groups is 1. The molecule has 0 aromatic carbocycles. The SMILES string of the molecule is CC(C)=CCC(O[C@@H]1OCC[C@H](O)[C@@H]1O)/C(C)=C/C=C/C(C)=C1\C(=O)C[C@H]2[C@@]3(C)CC[C@@H](O)C(C)(C)[C@@H]3CC[C@]12C. The molecule has 1 heterocycles. The molecule has 9 atom stereocenters. The molecule has 4 aliphatic rings. The zero-order valence-electron chi connectivity index (χ0n) is 26.6. The molecule has 6 nitrogen and oxygen atoms in total. The van der Waals surface area contributed by atoms with Gasteiger partial charge in [0.2, 0.25) is 0 Å². The largest absolute Gasteiger partial charge is 0.393 e. The topological polar surface area (TPSA) is 96.2 Å². The molecule has 0 amide bonds. The van der Waals surface area contributed by atoms with E-state index in [1.54, 1.807) is 0 Å². The molecule has 0 aromatic rings. The van der Waals surface area contributed by atoms with Crippen LogP contribution in [0.2, 0.25) is 0 Å². The fraction of sp³-hybridized carbons (Fsp3) is 0.743. The van der Waals surface area contributed by atoms with Crippen molar-refractivity contribution in [1.82, 2.24) is 0 Å². The van der Waals surface area contributed by atoms with Crippen LogP contribution in [0, 0.1) is 28.1 Å². The Kier molecular flexibility index (Phi) is 9.63. The van der Waals surface area contributed by atoms with Gasteiger partial charge in [0, 0.05) is 17.4 Å². The second kappa shape index (κ2) is 12.2. The Hall–Kier alpha value is -1.57. The van der Waals surface area contributed by atoms with Crippen LogP contribution in [-0.2, 0) is 14.3 Å². The molecule has 0 radical (unpaired) electrons. The third-order valence-corrected chi connectivity index (χ3v) is 11.3. The molecule has 1 aliphatic heterocycles. The van der Waals surface area contributed by atoms with E-state index in [0.29, 0.717) is 37.7 Å². The van der Waals surface area contributed by atoms with Crippen LogP contribution in [0.15, 0.2) is 46.6 Å². The molecule has 3 saturated carbocycles. The van der Waals surface area contributed by atoms with Gasteiger partial charge >= 0.3 is 0 Å². The van der Waals surface area contributed by atoms with E-state index in [-0.39, 0.29) is 34.2 Å². The van der Waals surface area contributed by atoms with E-state index in [1.807, 2.05) is 32.9 Å². The molecule has 4 fully saturated rings. The van der Waals surface area contributed by atoms with Crippen molar-refractivity contribution in [2.24, 2.45) is 28.1 Å². The van der Waals surface area contributed by atoms with Crippen molar-refractivity contribution in [3.05, 3.63) is 46.6 Å². The zero-order valence-corrected chi connectivity index (χ0v) is 26.6. The molecule has 0 spiro atoms. The first-order valence-electron chi connectivity index (χ1n) is 15.7. The van der Waals surface area contributed by atoms with E-state index in [1.165, 1.54) is 5.57 Å². The molecule has 3 N–H and O–H groups in total. The molecule has 1 saturated heterocycles. The van der Waals surface area contributed by atoms with Crippen LogP contribution in [0.3, 0.4) is 0 Å². The number of ether oxygens (including phenoxy) is 2. The van der Waals surface area contributed by atoms with Crippen molar-refractivity contribution in [1.29, 1.82) is 0 Å². The minimum Gasteiger partial charge on any atom is -0.393 e. The Labute approximate surface area is 247 Å².